The van der Waals surface area contributed by atoms with Gasteiger partial charge in [-0.1, -0.05) is 173 Å². The van der Waals surface area contributed by atoms with Gasteiger partial charge in [-0.2, -0.15) is 0 Å². The van der Waals surface area contributed by atoms with Gasteiger partial charge in [0, 0.05) is 79.3 Å². The first-order chi connectivity index (χ1) is 42.7. The molecule has 12 nitrogen and oxygen atoms in total. The van der Waals surface area contributed by atoms with Crippen molar-refractivity contribution in [2.75, 3.05) is 79.3 Å². The third kappa shape index (κ3) is 45.6. The molecule has 15 heteroatoms. The van der Waals surface area contributed by atoms with E-state index in [2.05, 4.69) is 0 Å². The molecule has 6 fully saturated rings. The van der Waals surface area contributed by atoms with Gasteiger partial charge in [0.1, 0.15) is 0 Å². The van der Waals surface area contributed by atoms with Crippen molar-refractivity contribution in [1.29, 1.82) is 0 Å². The van der Waals surface area contributed by atoms with Crippen molar-refractivity contribution in [3.8, 4) is 34.5 Å². The molecule has 0 aliphatic carbocycles. The largest absolute Gasteiger partial charge is 2.00 e. The average molecular weight is 1510 g/mol. The Balaban J connectivity index is -0.000000957. The predicted molar refractivity (Wildman–Crippen MR) is 378 cm³/mol. The Kier molecular flexibility index (Phi) is 58.7. The quantitative estimate of drug-likeness (QED) is 0.131. The van der Waals surface area contributed by atoms with Gasteiger partial charge in [0.05, 0.1) is 0 Å². The van der Waals surface area contributed by atoms with Crippen LogP contribution in [0.1, 0.15) is 177 Å². The van der Waals surface area contributed by atoms with Crippen molar-refractivity contribution in [1.82, 2.24) is 0 Å². The number of aryl methyl sites for hydroxylation is 18. The summed E-state index contributed by atoms with van der Waals surface area (Å²) in [7, 11) is 0. The van der Waals surface area contributed by atoms with Crippen LogP contribution in [-0.4, -0.2) is 216 Å². The monoisotopic (exact) mass is 1510 g/mol. The number of benzene rings is 6. The third-order valence-corrected chi connectivity index (χ3v) is 14.6. The summed E-state index contributed by atoms with van der Waals surface area (Å²) < 4.78 is 29.7. The van der Waals surface area contributed by atoms with E-state index in [1.807, 2.05) is 197 Å². The summed E-state index contributed by atoms with van der Waals surface area (Å²) in [5, 5.41) is 66.7. The Morgan fingerprint density at radius 1 is 0.172 bits per heavy atom. The van der Waals surface area contributed by atoms with Gasteiger partial charge < -0.3 is 59.1 Å². The molecule has 6 heterocycles. The van der Waals surface area contributed by atoms with Crippen LogP contribution in [0.2, 0.25) is 0 Å². The van der Waals surface area contributed by atoms with Gasteiger partial charge in [0.25, 0.3) is 0 Å². The topological polar surface area (TPSA) is 194 Å². The van der Waals surface area contributed by atoms with Gasteiger partial charge in [-0.3, -0.25) is 0 Å². The molecule has 0 N–H and O–H groups in total. The summed E-state index contributed by atoms with van der Waals surface area (Å²) in [6.45, 7) is 46.2. The fourth-order valence-corrected chi connectivity index (χ4v) is 10.1. The first-order valence-electron chi connectivity index (χ1n) is 32.6. The van der Waals surface area contributed by atoms with Crippen molar-refractivity contribution >= 4 is 136 Å². The minimum atomic E-state index is 0. The standard InChI is InChI=1S/6C9H12O.6C4H8O.3Sr/c6*1-6-4-7(2)9(10)8(3)5-6;6*1-2-4-5-3-1;;;/h6*4-5,10H,1-3H3;6*1-4H2;;;/q;;;;;;;;;;;;3*+2/p-6. The van der Waals surface area contributed by atoms with Crippen molar-refractivity contribution in [2.45, 2.75) is 202 Å². The fourth-order valence-electron chi connectivity index (χ4n) is 10.1. The van der Waals surface area contributed by atoms with Crippen LogP contribution in [0.15, 0.2) is 72.8 Å². The molecule has 6 aliphatic rings. The fraction of sp³-hybridized carbons (Fsp3) is 0.538. The normalized spacial score (nSPS) is 14.1. The molecule has 6 aromatic rings. The van der Waals surface area contributed by atoms with Gasteiger partial charge in [-0.25, -0.2) is 0 Å². The molecular formula is C78H114O12Sr3. The third-order valence-electron chi connectivity index (χ3n) is 14.6. The summed E-state index contributed by atoms with van der Waals surface area (Å²) in [4.78, 5) is 0. The molecule has 0 radical (unpaired) electrons. The Morgan fingerprint density at radius 3 is 0.301 bits per heavy atom. The minimum Gasteiger partial charge on any atom is -0.872 e. The van der Waals surface area contributed by atoms with E-state index < -0.39 is 0 Å². The molecule has 6 saturated heterocycles. The molecule has 93 heavy (non-hydrogen) atoms. The van der Waals surface area contributed by atoms with E-state index in [-0.39, 0.29) is 171 Å². The summed E-state index contributed by atoms with van der Waals surface area (Å²) in [5.41, 5.74) is 17.1. The zero-order valence-electron chi connectivity index (χ0n) is 60.9. The SMILES string of the molecule is C1CCOC1.C1CCOC1.C1CCOC1.C1CCOC1.C1CCOC1.C1CCOC1.Cc1cc(C)c([O-])c(C)c1.Cc1cc(C)c([O-])c(C)c1.Cc1cc(C)c([O-])c(C)c1.Cc1cc(C)c([O-])c(C)c1.Cc1cc(C)c([O-])c(C)c1.Cc1cc(C)c([O-])c(C)c1.[Sr+2].[Sr+2].[Sr+2]. The van der Waals surface area contributed by atoms with Crippen LogP contribution < -0.4 is 30.6 Å². The molecule has 6 aromatic carbocycles. The second-order valence-corrected chi connectivity index (χ2v) is 24.3. The molecular weight excluding hydrogens is 1390 g/mol. The van der Waals surface area contributed by atoms with E-state index in [1.165, 1.54) is 77.0 Å². The second-order valence-electron chi connectivity index (χ2n) is 24.3. The smallest absolute Gasteiger partial charge is 0.872 e. The first-order valence-corrected chi connectivity index (χ1v) is 32.6. The zero-order chi connectivity index (χ0) is 67.6. The molecule has 0 atom stereocenters. The van der Waals surface area contributed by atoms with Crippen LogP contribution in [-0.2, 0) is 28.4 Å². The van der Waals surface area contributed by atoms with E-state index in [0.29, 0.717) is 0 Å². The molecule has 0 bridgehead atoms. The number of rotatable bonds is 0. The van der Waals surface area contributed by atoms with Crippen LogP contribution in [0, 0.1) is 125 Å². The van der Waals surface area contributed by atoms with Crippen LogP contribution in [0.25, 0.3) is 0 Å². The van der Waals surface area contributed by atoms with Gasteiger partial charge in [0.15, 0.2) is 0 Å². The molecule has 0 spiro atoms. The van der Waals surface area contributed by atoms with Crippen molar-refractivity contribution in [2.24, 2.45) is 0 Å². The summed E-state index contributed by atoms with van der Waals surface area (Å²) in [6, 6.07) is 22.9. The maximum atomic E-state index is 11.1. The maximum absolute atomic E-state index is 11.1. The van der Waals surface area contributed by atoms with E-state index in [9.17, 15) is 30.6 Å². The summed E-state index contributed by atoms with van der Waals surface area (Å²) in [5.74, 6) is 1.03. The Labute approximate surface area is 675 Å². The molecule has 0 unspecified atom stereocenters. The molecule has 504 valence electrons. The Hall–Kier alpha value is -1.68. The van der Waals surface area contributed by atoms with Crippen molar-refractivity contribution < 1.29 is 59.1 Å². The van der Waals surface area contributed by atoms with E-state index in [1.54, 1.807) is 0 Å². The Morgan fingerprint density at radius 2 is 0.247 bits per heavy atom. The maximum Gasteiger partial charge on any atom is 2.00 e. The molecule has 0 saturated carbocycles. The van der Waals surface area contributed by atoms with Crippen LogP contribution in [0.5, 0.6) is 34.5 Å². The van der Waals surface area contributed by atoms with Crippen molar-refractivity contribution in [3.05, 3.63) is 173 Å². The molecule has 0 aromatic heterocycles. The van der Waals surface area contributed by atoms with Gasteiger partial charge in [0.2, 0.25) is 0 Å². The number of ether oxygens (including phenoxy) is 6. The van der Waals surface area contributed by atoms with E-state index in [0.717, 1.165) is 179 Å². The average Bonchev–Trinajstić information content (AvgIpc) is 2.91. The summed E-state index contributed by atoms with van der Waals surface area (Å²) in [6.07, 6.45) is 15.3. The first kappa shape index (κ1) is 95.5. The molecule has 0 amide bonds. The predicted octanol–water partition coefficient (Wildman–Crippen LogP) is 13.8. The summed E-state index contributed by atoms with van der Waals surface area (Å²) >= 11 is 0. The van der Waals surface area contributed by atoms with Crippen LogP contribution in [0.3, 0.4) is 0 Å². The number of hydrogen-bond acceptors (Lipinski definition) is 12. The van der Waals surface area contributed by atoms with Gasteiger partial charge >= 0.3 is 136 Å². The minimum absolute atomic E-state index is 0. The van der Waals surface area contributed by atoms with E-state index in [4.69, 9.17) is 28.4 Å². The van der Waals surface area contributed by atoms with Crippen LogP contribution >= 0.6 is 0 Å². The van der Waals surface area contributed by atoms with Crippen molar-refractivity contribution in [3.63, 3.8) is 0 Å². The Bertz CT molecular complexity index is 2230. The zero-order valence-corrected chi connectivity index (χ0v) is 71.3. The molecule has 6 aliphatic heterocycles. The van der Waals surface area contributed by atoms with E-state index >= 15 is 0 Å². The van der Waals surface area contributed by atoms with Gasteiger partial charge in [-0.05, 0) is 202 Å². The number of hydrogen-bond donors (Lipinski definition) is 0. The van der Waals surface area contributed by atoms with Gasteiger partial charge in [-0.15, -0.1) is 34.5 Å². The van der Waals surface area contributed by atoms with Crippen LogP contribution in [0.4, 0.5) is 0 Å². The second kappa shape index (κ2) is 57.1. The molecule has 12 rings (SSSR count).